The SMILES string of the molecule is C=CCc1c(C2CC2c2cccc(C)c2)oc2ccc(C(=O)OCC)cc2c1=O. The zero-order valence-corrected chi connectivity index (χ0v) is 16.7. The third kappa shape index (κ3) is 3.63. The molecule has 1 aliphatic carbocycles. The van der Waals surface area contributed by atoms with E-state index in [4.69, 9.17) is 9.15 Å². The minimum Gasteiger partial charge on any atom is -0.462 e. The van der Waals surface area contributed by atoms with Crippen molar-refractivity contribution in [3.63, 3.8) is 0 Å². The molecule has 1 heterocycles. The van der Waals surface area contributed by atoms with E-state index in [0.717, 1.165) is 12.2 Å². The normalized spacial score (nSPS) is 17.9. The Labute approximate surface area is 169 Å². The second-order valence-electron chi connectivity index (χ2n) is 7.56. The molecule has 0 aliphatic heterocycles. The van der Waals surface area contributed by atoms with Crippen molar-refractivity contribution < 1.29 is 13.9 Å². The van der Waals surface area contributed by atoms with Gasteiger partial charge >= 0.3 is 5.97 Å². The van der Waals surface area contributed by atoms with Crippen LogP contribution >= 0.6 is 0 Å². The van der Waals surface area contributed by atoms with E-state index in [2.05, 4.69) is 37.8 Å². The zero-order valence-electron chi connectivity index (χ0n) is 16.7. The van der Waals surface area contributed by atoms with E-state index in [-0.39, 0.29) is 18.0 Å². The average Bonchev–Trinajstić information content (AvgIpc) is 3.51. The van der Waals surface area contributed by atoms with Gasteiger partial charge in [0.1, 0.15) is 11.3 Å². The first-order valence-corrected chi connectivity index (χ1v) is 9.97. The van der Waals surface area contributed by atoms with E-state index in [1.807, 2.05) is 0 Å². The van der Waals surface area contributed by atoms with Crippen molar-refractivity contribution >= 4 is 16.9 Å². The van der Waals surface area contributed by atoms with Gasteiger partial charge in [-0.1, -0.05) is 35.9 Å². The third-order valence-electron chi connectivity index (χ3n) is 5.47. The van der Waals surface area contributed by atoms with Crippen LogP contribution in [0.4, 0.5) is 0 Å². The Balaban J connectivity index is 1.77. The molecule has 0 amide bonds. The van der Waals surface area contributed by atoms with Gasteiger partial charge in [0.05, 0.1) is 17.6 Å². The van der Waals surface area contributed by atoms with Crippen molar-refractivity contribution in [1.82, 2.24) is 0 Å². The number of benzene rings is 2. The number of esters is 1. The summed E-state index contributed by atoms with van der Waals surface area (Å²) in [7, 11) is 0. The fourth-order valence-corrected chi connectivity index (χ4v) is 3.98. The molecule has 0 N–H and O–H groups in total. The molecule has 4 heteroatoms. The molecule has 4 nitrogen and oxygen atoms in total. The molecule has 2 unspecified atom stereocenters. The maximum atomic E-state index is 13.2. The van der Waals surface area contributed by atoms with Crippen LogP contribution in [-0.2, 0) is 11.2 Å². The maximum absolute atomic E-state index is 13.2. The van der Waals surface area contributed by atoms with Gasteiger partial charge in [0.2, 0.25) is 0 Å². The van der Waals surface area contributed by atoms with E-state index < -0.39 is 5.97 Å². The number of ether oxygens (including phenoxy) is 1. The van der Waals surface area contributed by atoms with Crippen molar-refractivity contribution in [3.05, 3.63) is 93.4 Å². The number of carbonyl (C=O) groups is 1. The third-order valence-corrected chi connectivity index (χ3v) is 5.47. The quantitative estimate of drug-likeness (QED) is 0.426. The summed E-state index contributed by atoms with van der Waals surface area (Å²) in [5, 5.41) is 0.406. The Morgan fingerprint density at radius 3 is 2.79 bits per heavy atom. The Bertz CT molecular complexity index is 1160. The fourth-order valence-electron chi connectivity index (χ4n) is 3.98. The summed E-state index contributed by atoms with van der Waals surface area (Å²) in [5.74, 6) is 0.856. The van der Waals surface area contributed by atoms with Crippen LogP contribution in [-0.4, -0.2) is 12.6 Å². The molecule has 148 valence electrons. The molecule has 2 atom stereocenters. The largest absolute Gasteiger partial charge is 0.462 e. The molecule has 1 aliphatic rings. The van der Waals surface area contributed by atoms with Crippen LogP contribution in [0.1, 0.15) is 58.0 Å². The van der Waals surface area contributed by atoms with Crippen molar-refractivity contribution in [2.45, 2.75) is 38.5 Å². The van der Waals surface area contributed by atoms with Crippen LogP contribution in [0.5, 0.6) is 0 Å². The Hall–Kier alpha value is -3.14. The highest BCUT2D eigenvalue weighted by molar-refractivity contribution is 5.94. The number of carbonyl (C=O) groups excluding carboxylic acids is 1. The first-order valence-electron chi connectivity index (χ1n) is 9.97. The summed E-state index contributed by atoms with van der Waals surface area (Å²) in [6.45, 7) is 7.92. The van der Waals surface area contributed by atoms with Crippen LogP contribution in [0.15, 0.2) is 64.3 Å². The number of fused-ring (bicyclic) bond motifs is 1. The minimum absolute atomic E-state index is 0.0952. The van der Waals surface area contributed by atoms with Crippen LogP contribution < -0.4 is 5.43 Å². The molecule has 1 aromatic heterocycles. The number of allylic oxidation sites excluding steroid dienone is 1. The van der Waals surface area contributed by atoms with Crippen LogP contribution in [0.25, 0.3) is 11.0 Å². The lowest BCUT2D eigenvalue weighted by Gasteiger charge is -2.10. The van der Waals surface area contributed by atoms with Gasteiger partial charge in [0, 0.05) is 11.5 Å². The predicted molar refractivity (Wildman–Crippen MR) is 114 cm³/mol. The number of rotatable bonds is 6. The van der Waals surface area contributed by atoms with Gasteiger partial charge in [-0.25, -0.2) is 4.79 Å². The highest BCUT2D eigenvalue weighted by Gasteiger charge is 2.43. The summed E-state index contributed by atoms with van der Waals surface area (Å²) in [6, 6.07) is 13.4. The molecule has 2 aromatic carbocycles. The van der Waals surface area contributed by atoms with Crippen molar-refractivity contribution in [2.24, 2.45) is 0 Å². The van der Waals surface area contributed by atoms with Gasteiger partial charge in [-0.3, -0.25) is 4.79 Å². The molecular formula is C25H24O4. The second-order valence-corrected chi connectivity index (χ2v) is 7.56. The molecule has 4 rings (SSSR count). The lowest BCUT2D eigenvalue weighted by atomic mass is 10.0. The van der Waals surface area contributed by atoms with Crippen molar-refractivity contribution in [2.75, 3.05) is 6.61 Å². The Kier molecular flexibility index (Phi) is 5.10. The van der Waals surface area contributed by atoms with Gasteiger partial charge < -0.3 is 9.15 Å². The summed E-state index contributed by atoms with van der Waals surface area (Å²) < 4.78 is 11.3. The number of hydrogen-bond acceptors (Lipinski definition) is 4. The number of aryl methyl sites for hydroxylation is 1. The summed E-state index contributed by atoms with van der Waals surface area (Å²) >= 11 is 0. The van der Waals surface area contributed by atoms with E-state index in [1.54, 1.807) is 31.2 Å². The second kappa shape index (κ2) is 7.70. The first kappa shape index (κ1) is 19.2. The van der Waals surface area contributed by atoms with Crippen LogP contribution in [0.2, 0.25) is 0 Å². The van der Waals surface area contributed by atoms with Gasteiger partial charge in [0.25, 0.3) is 0 Å². The van der Waals surface area contributed by atoms with Crippen molar-refractivity contribution in [3.8, 4) is 0 Å². The smallest absolute Gasteiger partial charge is 0.338 e. The minimum atomic E-state index is -0.440. The molecule has 1 saturated carbocycles. The topological polar surface area (TPSA) is 56.5 Å². The van der Waals surface area contributed by atoms with E-state index in [0.29, 0.717) is 34.4 Å². The standard InChI is InChI=1S/C25H24O4/c1-4-7-18-23(26)21-13-17(25(27)28-5-2)10-11-22(21)29-24(18)20-14-19(20)16-9-6-8-15(3)12-16/h4,6,8-13,19-20H,1,5,7,14H2,2-3H3. The van der Waals surface area contributed by atoms with Crippen LogP contribution in [0.3, 0.4) is 0 Å². The lowest BCUT2D eigenvalue weighted by Crippen LogP contribution is -2.13. The maximum Gasteiger partial charge on any atom is 0.338 e. The molecule has 0 radical (unpaired) electrons. The molecular weight excluding hydrogens is 364 g/mol. The molecule has 1 fully saturated rings. The Morgan fingerprint density at radius 2 is 2.07 bits per heavy atom. The Morgan fingerprint density at radius 1 is 1.24 bits per heavy atom. The lowest BCUT2D eigenvalue weighted by molar-refractivity contribution is 0.0526. The van der Waals surface area contributed by atoms with Gasteiger partial charge in [0.15, 0.2) is 5.43 Å². The highest BCUT2D eigenvalue weighted by atomic mass is 16.5. The number of hydrogen-bond donors (Lipinski definition) is 0. The summed E-state index contributed by atoms with van der Waals surface area (Å²) in [4.78, 5) is 25.3. The van der Waals surface area contributed by atoms with Crippen LogP contribution in [0, 0.1) is 6.92 Å². The van der Waals surface area contributed by atoms with E-state index in [1.165, 1.54) is 11.1 Å². The summed E-state index contributed by atoms with van der Waals surface area (Å²) in [6.07, 6.45) is 3.12. The molecule has 0 saturated heterocycles. The van der Waals surface area contributed by atoms with Crippen molar-refractivity contribution in [1.29, 1.82) is 0 Å². The molecule has 3 aromatic rings. The first-order chi connectivity index (χ1) is 14.0. The summed E-state index contributed by atoms with van der Waals surface area (Å²) in [5.41, 5.74) is 3.90. The predicted octanol–water partition coefficient (Wildman–Crippen LogP) is 5.28. The average molecular weight is 388 g/mol. The fraction of sp³-hybridized carbons (Fsp3) is 0.280. The monoisotopic (exact) mass is 388 g/mol. The van der Waals surface area contributed by atoms with E-state index in [9.17, 15) is 9.59 Å². The molecule has 0 spiro atoms. The molecule has 29 heavy (non-hydrogen) atoms. The van der Waals surface area contributed by atoms with Gasteiger partial charge in [-0.2, -0.15) is 0 Å². The molecule has 0 bridgehead atoms. The highest BCUT2D eigenvalue weighted by Crippen LogP contribution is 2.55. The van der Waals surface area contributed by atoms with E-state index >= 15 is 0 Å². The van der Waals surface area contributed by atoms with Gasteiger partial charge in [-0.15, -0.1) is 6.58 Å². The van der Waals surface area contributed by atoms with Gasteiger partial charge in [-0.05, 0) is 56.4 Å². The zero-order chi connectivity index (χ0) is 20.5.